The van der Waals surface area contributed by atoms with E-state index in [1.54, 1.807) is 6.20 Å². The van der Waals surface area contributed by atoms with Crippen molar-refractivity contribution in [1.29, 1.82) is 0 Å². The van der Waals surface area contributed by atoms with Crippen LogP contribution in [0.5, 0.6) is 0 Å². The van der Waals surface area contributed by atoms with Gasteiger partial charge in [-0.1, -0.05) is 23.8 Å². The second-order valence-corrected chi connectivity index (χ2v) is 4.77. The number of aromatic nitrogens is 1. The molecule has 2 rings (SSSR count). The van der Waals surface area contributed by atoms with Gasteiger partial charge in [0.1, 0.15) is 0 Å². The van der Waals surface area contributed by atoms with E-state index in [-0.39, 0.29) is 11.9 Å². The van der Waals surface area contributed by atoms with Gasteiger partial charge < -0.3 is 5.32 Å². The van der Waals surface area contributed by atoms with E-state index in [1.165, 1.54) is 0 Å². The van der Waals surface area contributed by atoms with Crippen LogP contribution in [0.15, 0.2) is 42.6 Å². The molecule has 0 unspecified atom stereocenters. The summed E-state index contributed by atoms with van der Waals surface area (Å²) in [5.74, 6) is -0.0562. The van der Waals surface area contributed by atoms with Gasteiger partial charge in [-0.2, -0.15) is 0 Å². The van der Waals surface area contributed by atoms with Crippen molar-refractivity contribution in [3.8, 4) is 0 Å². The highest BCUT2D eigenvalue weighted by Gasteiger charge is 2.13. The van der Waals surface area contributed by atoms with Crippen LogP contribution < -0.4 is 5.32 Å². The van der Waals surface area contributed by atoms with Crippen LogP contribution in [0.1, 0.15) is 40.1 Å². The monoisotopic (exact) mass is 254 g/mol. The number of amides is 1. The van der Waals surface area contributed by atoms with Crippen molar-refractivity contribution < 1.29 is 4.79 Å². The predicted octanol–water partition coefficient (Wildman–Crippen LogP) is 3.19. The Morgan fingerprint density at radius 1 is 1.21 bits per heavy atom. The molecular formula is C16H18N2O. The minimum Gasteiger partial charge on any atom is -0.344 e. The molecule has 0 aliphatic heterocycles. The van der Waals surface area contributed by atoms with Crippen LogP contribution >= 0.6 is 0 Å². The van der Waals surface area contributed by atoms with Crippen molar-refractivity contribution in [1.82, 2.24) is 10.3 Å². The minimum atomic E-state index is -0.103. The summed E-state index contributed by atoms with van der Waals surface area (Å²) in [6.07, 6.45) is 1.73. The molecule has 3 nitrogen and oxygen atoms in total. The Labute approximate surface area is 113 Å². The highest BCUT2D eigenvalue weighted by atomic mass is 16.1. The molecule has 1 atom stereocenters. The van der Waals surface area contributed by atoms with Gasteiger partial charge in [-0.15, -0.1) is 0 Å². The van der Waals surface area contributed by atoms with E-state index < -0.39 is 0 Å². The second kappa shape index (κ2) is 5.65. The van der Waals surface area contributed by atoms with E-state index in [2.05, 4.69) is 10.3 Å². The fraction of sp³-hybridized carbons (Fsp3) is 0.250. The molecule has 19 heavy (non-hydrogen) atoms. The van der Waals surface area contributed by atoms with Crippen LogP contribution in [-0.4, -0.2) is 10.9 Å². The Balaban J connectivity index is 2.15. The van der Waals surface area contributed by atoms with Gasteiger partial charge in [0.25, 0.3) is 5.91 Å². The quantitative estimate of drug-likeness (QED) is 0.914. The number of hydrogen-bond donors (Lipinski definition) is 1. The first-order chi connectivity index (χ1) is 9.08. The zero-order valence-electron chi connectivity index (χ0n) is 11.5. The fourth-order valence-electron chi connectivity index (χ4n) is 1.96. The van der Waals surface area contributed by atoms with E-state index >= 15 is 0 Å². The molecule has 0 radical (unpaired) electrons. The lowest BCUT2D eigenvalue weighted by Crippen LogP contribution is -2.27. The highest BCUT2D eigenvalue weighted by molar-refractivity contribution is 5.96. The van der Waals surface area contributed by atoms with E-state index in [4.69, 9.17) is 0 Å². The van der Waals surface area contributed by atoms with Gasteiger partial charge in [-0.05, 0) is 44.5 Å². The number of aryl methyl sites for hydroxylation is 2. The van der Waals surface area contributed by atoms with Crippen molar-refractivity contribution in [3.63, 3.8) is 0 Å². The van der Waals surface area contributed by atoms with Gasteiger partial charge in [0.05, 0.1) is 11.7 Å². The van der Waals surface area contributed by atoms with E-state index in [0.29, 0.717) is 0 Å². The molecular weight excluding hydrogens is 236 g/mol. The maximum atomic E-state index is 12.3. The lowest BCUT2D eigenvalue weighted by molar-refractivity contribution is 0.0938. The summed E-state index contributed by atoms with van der Waals surface area (Å²) in [5, 5.41) is 2.98. The summed E-state index contributed by atoms with van der Waals surface area (Å²) in [4.78, 5) is 16.5. The Morgan fingerprint density at radius 2 is 2.00 bits per heavy atom. The first kappa shape index (κ1) is 13.3. The van der Waals surface area contributed by atoms with Crippen molar-refractivity contribution in [2.75, 3.05) is 0 Å². The SMILES string of the molecule is Cc1ccc(C)c(C(=O)N[C@H](C)c2ccccn2)c1. The maximum absolute atomic E-state index is 12.3. The lowest BCUT2D eigenvalue weighted by atomic mass is 10.0. The summed E-state index contributed by atoms with van der Waals surface area (Å²) in [5.41, 5.74) is 3.65. The number of rotatable bonds is 3. The Kier molecular flexibility index (Phi) is 3.95. The van der Waals surface area contributed by atoms with Crippen LogP contribution in [0.3, 0.4) is 0 Å². The molecule has 1 heterocycles. The maximum Gasteiger partial charge on any atom is 0.252 e. The number of carbonyl (C=O) groups excluding carboxylic acids is 1. The minimum absolute atomic E-state index is 0.0562. The third-order valence-corrected chi connectivity index (χ3v) is 3.12. The van der Waals surface area contributed by atoms with Crippen molar-refractivity contribution in [2.45, 2.75) is 26.8 Å². The number of carbonyl (C=O) groups is 1. The normalized spacial score (nSPS) is 11.9. The first-order valence-electron chi connectivity index (χ1n) is 6.37. The number of nitrogens with zero attached hydrogens (tertiary/aromatic N) is 1. The van der Waals surface area contributed by atoms with E-state index in [1.807, 2.05) is 57.2 Å². The van der Waals surface area contributed by atoms with Gasteiger partial charge in [-0.3, -0.25) is 9.78 Å². The molecule has 0 aliphatic carbocycles. The van der Waals surface area contributed by atoms with Gasteiger partial charge >= 0.3 is 0 Å². The van der Waals surface area contributed by atoms with Gasteiger partial charge in [0.2, 0.25) is 0 Å². The van der Waals surface area contributed by atoms with Crippen LogP contribution in [0.25, 0.3) is 0 Å². The van der Waals surface area contributed by atoms with Gasteiger partial charge in [0, 0.05) is 11.8 Å². The summed E-state index contributed by atoms with van der Waals surface area (Å²) < 4.78 is 0. The molecule has 3 heteroatoms. The molecule has 1 aromatic carbocycles. The van der Waals surface area contributed by atoms with Crippen LogP contribution in [-0.2, 0) is 0 Å². The zero-order chi connectivity index (χ0) is 13.8. The molecule has 0 saturated carbocycles. The van der Waals surface area contributed by atoms with Crippen molar-refractivity contribution >= 4 is 5.91 Å². The topological polar surface area (TPSA) is 42.0 Å². The number of hydrogen-bond acceptors (Lipinski definition) is 2. The molecule has 0 spiro atoms. The lowest BCUT2D eigenvalue weighted by Gasteiger charge is -2.14. The molecule has 1 N–H and O–H groups in total. The number of pyridine rings is 1. The highest BCUT2D eigenvalue weighted by Crippen LogP contribution is 2.13. The van der Waals surface area contributed by atoms with Gasteiger partial charge in [-0.25, -0.2) is 0 Å². The first-order valence-corrected chi connectivity index (χ1v) is 6.37. The smallest absolute Gasteiger partial charge is 0.252 e. The molecule has 0 fully saturated rings. The van der Waals surface area contributed by atoms with Crippen molar-refractivity contribution in [2.24, 2.45) is 0 Å². The number of benzene rings is 1. The molecule has 0 bridgehead atoms. The average Bonchev–Trinajstić information content (AvgIpc) is 2.42. The molecule has 98 valence electrons. The molecule has 2 aromatic rings. The largest absolute Gasteiger partial charge is 0.344 e. The molecule has 1 amide bonds. The molecule has 0 aliphatic rings. The fourth-order valence-corrected chi connectivity index (χ4v) is 1.96. The summed E-state index contributed by atoms with van der Waals surface area (Å²) >= 11 is 0. The Morgan fingerprint density at radius 3 is 2.68 bits per heavy atom. The number of nitrogens with one attached hydrogen (secondary N) is 1. The summed E-state index contributed by atoms with van der Waals surface area (Å²) in [6.45, 7) is 5.86. The standard InChI is InChI=1S/C16H18N2O/c1-11-7-8-12(2)14(10-11)16(19)18-13(3)15-6-4-5-9-17-15/h4-10,13H,1-3H3,(H,18,19)/t13-/m1/s1. The third-order valence-electron chi connectivity index (χ3n) is 3.12. The third kappa shape index (κ3) is 3.19. The Bertz CT molecular complexity index is 579. The van der Waals surface area contributed by atoms with E-state index in [9.17, 15) is 4.79 Å². The van der Waals surface area contributed by atoms with Gasteiger partial charge in [0.15, 0.2) is 0 Å². The van der Waals surface area contributed by atoms with Crippen LogP contribution in [0.4, 0.5) is 0 Å². The zero-order valence-corrected chi connectivity index (χ0v) is 11.5. The summed E-state index contributed by atoms with van der Waals surface area (Å²) in [7, 11) is 0. The second-order valence-electron chi connectivity index (χ2n) is 4.77. The van der Waals surface area contributed by atoms with Crippen molar-refractivity contribution in [3.05, 3.63) is 65.0 Å². The van der Waals surface area contributed by atoms with E-state index in [0.717, 1.165) is 22.4 Å². The molecule has 1 aromatic heterocycles. The Hall–Kier alpha value is -2.16. The average molecular weight is 254 g/mol. The predicted molar refractivity (Wildman–Crippen MR) is 76.0 cm³/mol. The van der Waals surface area contributed by atoms with Crippen LogP contribution in [0, 0.1) is 13.8 Å². The molecule has 0 saturated heterocycles. The van der Waals surface area contributed by atoms with Crippen LogP contribution in [0.2, 0.25) is 0 Å². The summed E-state index contributed by atoms with van der Waals surface area (Å²) in [6, 6.07) is 11.5.